The van der Waals surface area contributed by atoms with Gasteiger partial charge in [-0.2, -0.15) is 0 Å². The van der Waals surface area contributed by atoms with Crippen molar-refractivity contribution < 1.29 is 4.39 Å². The molecule has 0 aliphatic rings. The summed E-state index contributed by atoms with van der Waals surface area (Å²) in [5.41, 5.74) is 2.83. The molecule has 0 heterocycles. The summed E-state index contributed by atoms with van der Waals surface area (Å²) in [4.78, 5) is 0. The van der Waals surface area contributed by atoms with Gasteiger partial charge in [-0.25, -0.2) is 4.39 Å². The third-order valence-electron chi connectivity index (χ3n) is 3.68. The first-order valence-electron chi connectivity index (χ1n) is 6.65. The molecule has 0 radical (unpaired) electrons. The van der Waals surface area contributed by atoms with Crippen LogP contribution in [0.3, 0.4) is 0 Å². The van der Waals surface area contributed by atoms with E-state index in [1.54, 1.807) is 6.07 Å². The van der Waals surface area contributed by atoms with E-state index in [1.165, 1.54) is 12.1 Å². The van der Waals surface area contributed by atoms with Gasteiger partial charge in [0.25, 0.3) is 0 Å². The van der Waals surface area contributed by atoms with E-state index in [0.717, 1.165) is 31.9 Å². The lowest BCUT2D eigenvalue weighted by Crippen LogP contribution is -1.98. The van der Waals surface area contributed by atoms with E-state index in [1.807, 2.05) is 31.2 Å². The molecular formula is C18H13BrClF. The van der Waals surface area contributed by atoms with Crippen molar-refractivity contribution >= 4 is 38.3 Å². The Morgan fingerprint density at radius 3 is 2.33 bits per heavy atom. The van der Waals surface area contributed by atoms with E-state index in [2.05, 4.69) is 28.1 Å². The van der Waals surface area contributed by atoms with Crippen LogP contribution in [0.2, 0.25) is 0 Å². The van der Waals surface area contributed by atoms with Gasteiger partial charge in [-0.1, -0.05) is 52.3 Å². The minimum atomic E-state index is -0.302. The third-order valence-corrected chi connectivity index (χ3v) is 4.84. The van der Waals surface area contributed by atoms with Crippen molar-refractivity contribution in [3.8, 4) is 0 Å². The molecule has 0 saturated carbocycles. The standard InChI is InChI=1S/C18H13BrClF/c1-11-10-12(21)6-7-13(11)18(20)16-8-9-17(19)15-5-3-2-4-14(15)16/h2-10,18H,1H3. The highest BCUT2D eigenvalue weighted by atomic mass is 79.9. The van der Waals surface area contributed by atoms with Crippen molar-refractivity contribution in [2.24, 2.45) is 0 Å². The van der Waals surface area contributed by atoms with E-state index in [0.29, 0.717) is 0 Å². The van der Waals surface area contributed by atoms with E-state index in [-0.39, 0.29) is 11.2 Å². The van der Waals surface area contributed by atoms with Crippen molar-refractivity contribution in [1.29, 1.82) is 0 Å². The number of hydrogen-bond acceptors (Lipinski definition) is 0. The highest BCUT2D eigenvalue weighted by Gasteiger charge is 2.17. The summed E-state index contributed by atoms with van der Waals surface area (Å²) in [6, 6.07) is 16.9. The molecule has 21 heavy (non-hydrogen) atoms. The zero-order chi connectivity index (χ0) is 15.0. The molecule has 3 rings (SSSR count). The topological polar surface area (TPSA) is 0 Å². The van der Waals surface area contributed by atoms with Gasteiger partial charge in [0.05, 0.1) is 5.38 Å². The van der Waals surface area contributed by atoms with E-state index >= 15 is 0 Å². The fourth-order valence-electron chi connectivity index (χ4n) is 2.60. The summed E-state index contributed by atoms with van der Waals surface area (Å²) < 4.78 is 14.3. The molecular weight excluding hydrogens is 351 g/mol. The van der Waals surface area contributed by atoms with Crippen LogP contribution in [0, 0.1) is 12.7 Å². The Labute approximate surface area is 136 Å². The smallest absolute Gasteiger partial charge is 0.123 e. The Bertz CT molecular complexity index is 813. The maximum atomic E-state index is 13.3. The van der Waals surface area contributed by atoms with Crippen LogP contribution in [0.5, 0.6) is 0 Å². The summed E-state index contributed by atoms with van der Waals surface area (Å²) in [7, 11) is 0. The first-order chi connectivity index (χ1) is 10.1. The summed E-state index contributed by atoms with van der Waals surface area (Å²) >= 11 is 10.3. The lowest BCUT2D eigenvalue weighted by molar-refractivity contribution is 0.625. The van der Waals surface area contributed by atoms with E-state index in [9.17, 15) is 4.39 Å². The summed E-state index contributed by atoms with van der Waals surface area (Å²) in [5, 5.41) is 1.93. The molecule has 0 spiro atoms. The summed E-state index contributed by atoms with van der Waals surface area (Å²) in [5.74, 6) is -0.235. The van der Waals surface area contributed by atoms with Crippen molar-refractivity contribution in [3.63, 3.8) is 0 Å². The Morgan fingerprint density at radius 1 is 0.952 bits per heavy atom. The minimum absolute atomic E-state index is 0.235. The highest BCUT2D eigenvalue weighted by molar-refractivity contribution is 9.10. The number of aryl methyl sites for hydroxylation is 1. The van der Waals surface area contributed by atoms with Crippen molar-refractivity contribution in [1.82, 2.24) is 0 Å². The summed E-state index contributed by atoms with van der Waals surface area (Å²) in [6.07, 6.45) is 0. The first kappa shape index (κ1) is 14.6. The SMILES string of the molecule is Cc1cc(F)ccc1C(Cl)c1ccc(Br)c2ccccc12. The molecule has 0 N–H and O–H groups in total. The molecule has 0 amide bonds. The van der Waals surface area contributed by atoms with Crippen molar-refractivity contribution in [2.45, 2.75) is 12.3 Å². The van der Waals surface area contributed by atoms with Crippen LogP contribution in [0.1, 0.15) is 22.1 Å². The number of benzene rings is 3. The number of rotatable bonds is 2. The normalized spacial score (nSPS) is 12.6. The lowest BCUT2D eigenvalue weighted by atomic mass is 9.95. The number of halogens is 3. The maximum absolute atomic E-state index is 13.3. The molecule has 0 fully saturated rings. The number of hydrogen-bond donors (Lipinski definition) is 0. The molecule has 0 aliphatic carbocycles. The van der Waals surface area contributed by atoms with Gasteiger partial charge in [0.1, 0.15) is 5.82 Å². The molecule has 3 aromatic carbocycles. The molecule has 0 aromatic heterocycles. The largest absolute Gasteiger partial charge is 0.207 e. The zero-order valence-corrected chi connectivity index (χ0v) is 13.7. The second-order valence-corrected chi connectivity index (χ2v) is 6.34. The lowest BCUT2D eigenvalue weighted by Gasteiger charge is -2.16. The third kappa shape index (κ3) is 2.70. The fourth-order valence-corrected chi connectivity index (χ4v) is 3.51. The van der Waals surface area contributed by atoms with Crippen molar-refractivity contribution in [3.05, 3.63) is 81.6 Å². The van der Waals surface area contributed by atoms with Gasteiger partial charge in [0, 0.05) is 4.47 Å². The van der Waals surface area contributed by atoms with Crippen LogP contribution in [0.25, 0.3) is 10.8 Å². The van der Waals surface area contributed by atoms with Gasteiger partial charge in [-0.15, -0.1) is 11.6 Å². The molecule has 0 nitrogen and oxygen atoms in total. The molecule has 3 heteroatoms. The van der Waals surface area contributed by atoms with Gasteiger partial charge in [0.15, 0.2) is 0 Å². The predicted molar refractivity (Wildman–Crippen MR) is 90.5 cm³/mol. The highest BCUT2D eigenvalue weighted by Crippen LogP contribution is 2.37. The predicted octanol–water partition coefficient (Wildman–Crippen LogP) is 6.38. The van der Waals surface area contributed by atoms with Crippen LogP contribution < -0.4 is 0 Å². The second kappa shape index (κ2) is 5.78. The van der Waals surface area contributed by atoms with E-state index in [4.69, 9.17) is 11.6 Å². The molecule has 0 saturated heterocycles. The number of fused-ring (bicyclic) bond motifs is 1. The Balaban J connectivity index is 2.18. The first-order valence-corrected chi connectivity index (χ1v) is 7.88. The molecule has 0 aliphatic heterocycles. The monoisotopic (exact) mass is 362 g/mol. The maximum Gasteiger partial charge on any atom is 0.123 e. The quantitative estimate of drug-likeness (QED) is 0.463. The second-order valence-electron chi connectivity index (χ2n) is 5.05. The average Bonchev–Trinajstić information content (AvgIpc) is 2.47. The van der Waals surface area contributed by atoms with Crippen molar-refractivity contribution in [2.75, 3.05) is 0 Å². The van der Waals surface area contributed by atoms with Gasteiger partial charge in [-0.3, -0.25) is 0 Å². The number of alkyl halides is 1. The Hall–Kier alpha value is -1.38. The minimum Gasteiger partial charge on any atom is -0.207 e. The summed E-state index contributed by atoms with van der Waals surface area (Å²) in [6.45, 7) is 1.88. The van der Waals surface area contributed by atoms with Gasteiger partial charge in [-0.05, 0) is 52.6 Å². The van der Waals surface area contributed by atoms with Gasteiger partial charge >= 0.3 is 0 Å². The van der Waals surface area contributed by atoms with Crippen LogP contribution in [0.4, 0.5) is 4.39 Å². The van der Waals surface area contributed by atoms with Gasteiger partial charge in [0.2, 0.25) is 0 Å². The van der Waals surface area contributed by atoms with Gasteiger partial charge < -0.3 is 0 Å². The molecule has 1 atom stereocenters. The molecule has 106 valence electrons. The van der Waals surface area contributed by atoms with E-state index < -0.39 is 0 Å². The Kier molecular flexibility index (Phi) is 4.01. The molecule has 1 unspecified atom stereocenters. The van der Waals surface area contributed by atoms with Crippen LogP contribution >= 0.6 is 27.5 Å². The van der Waals surface area contributed by atoms with Crippen LogP contribution in [-0.2, 0) is 0 Å². The van der Waals surface area contributed by atoms with Crippen LogP contribution in [0.15, 0.2) is 59.1 Å². The van der Waals surface area contributed by atoms with Crippen LogP contribution in [-0.4, -0.2) is 0 Å². The Morgan fingerprint density at radius 2 is 1.62 bits per heavy atom. The average molecular weight is 364 g/mol. The fraction of sp³-hybridized carbons (Fsp3) is 0.111. The zero-order valence-electron chi connectivity index (χ0n) is 11.4. The molecule has 3 aromatic rings. The molecule has 0 bridgehead atoms.